The lowest BCUT2D eigenvalue weighted by Gasteiger charge is -2.08. The number of rotatable bonds is 4. The van der Waals surface area contributed by atoms with Crippen LogP contribution in [0.2, 0.25) is 0 Å². The second kappa shape index (κ2) is 5.69. The summed E-state index contributed by atoms with van der Waals surface area (Å²) < 4.78 is 6.32. The van der Waals surface area contributed by atoms with E-state index in [4.69, 9.17) is 16.3 Å². The number of benzene rings is 1. The van der Waals surface area contributed by atoms with Gasteiger partial charge in [-0.15, -0.1) is 12.3 Å². The summed E-state index contributed by atoms with van der Waals surface area (Å²) in [5.74, 6) is 3.18. The minimum Gasteiger partial charge on any atom is -0.492 e. The summed E-state index contributed by atoms with van der Waals surface area (Å²) in [7, 11) is 0. The topological polar surface area (TPSA) is 29.5 Å². The molecule has 74 valence electrons. The third-order valence-corrected chi connectivity index (χ3v) is 2.19. The van der Waals surface area contributed by atoms with E-state index < -0.39 is 0 Å². The van der Waals surface area contributed by atoms with Crippen molar-refractivity contribution < 1.29 is 9.84 Å². The van der Waals surface area contributed by atoms with Gasteiger partial charge >= 0.3 is 0 Å². The summed E-state index contributed by atoms with van der Waals surface area (Å²) in [5, 5.41) is 9.06. The lowest BCUT2D eigenvalue weighted by atomic mass is 10.2. The number of halogens is 1. The summed E-state index contributed by atoms with van der Waals surface area (Å²) in [6.07, 6.45) is 5.67. The maximum atomic E-state index is 9.06. The van der Waals surface area contributed by atoms with Crippen molar-refractivity contribution in [3.63, 3.8) is 0 Å². The van der Waals surface area contributed by atoms with Crippen LogP contribution in [0.15, 0.2) is 22.7 Å². The van der Waals surface area contributed by atoms with Gasteiger partial charge in [-0.2, -0.15) is 0 Å². The van der Waals surface area contributed by atoms with Gasteiger partial charge in [-0.25, -0.2) is 0 Å². The Morgan fingerprint density at radius 3 is 2.93 bits per heavy atom. The number of terminal acetylenes is 1. The van der Waals surface area contributed by atoms with Crippen molar-refractivity contribution in [1.29, 1.82) is 0 Å². The third-order valence-electron chi connectivity index (χ3n) is 1.70. The van der Waals surface area contributed by atoms with E-state index in [2.05, 4.69) is 21.9 Å². The Morgan fingerprint density at radius 2 is 2.29 bits per heavy atom. The van der Waals surface area contributed by atoms with Crippen molar-refractivity contribution in [3.05, 3.63) is 28.2 Å². The maximum absolute atomic E-state index is 9.06. The molecule has 0 bridgehead atoms. The number of ether oxygens (including phenoxy) is 1. The third kappa shape index (κ3) is 3.06. The van der Waals surface area contributed by atoms with Gasteiger partial charge in [0.25, 0.3) is 0 Å². The molecule has 0 fully saturated rings. The van der Waals surface area contributed by atoms with Crippen molar-refractivity contribution in [3.8, 4) is 18.1 Å². The molecule has 1 aromatic carbocycles. The Hall–Kier alpha value is -0.980. The van der Waals surface area contributed by atoms with E-state index in [0.29, 0.717) is 18.8 Å². The lowest BCUT2D eigenvalue weighted by molar-refractivity contribution is 0.264. The molecule has 0 aliphatic carbocycles. The smallest absolute Gasteiger partial charge is 0.124 e. The van der Waals surface area contributed by atoms with Crippen LogP contribution in [0.5, 0.6) is 5.75 Å². The molecular formula is C11H11BrO2. The van der Waals surface area contributed by atoms with E-state index in [1.54, 1.807) is 0 Å². The van der Waals surface area contributed by atoms with Crippen LogP contribution in [0.1, 0.15) is 12.0 Å². The molecule has 0 heterocycles. The van der Waals surface area contributed by atoms with E-state index in [9.17, 15) is 0 Å². The van der Waals surface area contributed by atoms with E-state index in [1.165, 1.54) is 0 Å². The zero-order chi connectivity index (χ0) is 10.4. The molecule has 1 aromatic rings. The van der Waals surface area contributed by atoms with Crippen LogP contribution in [-0.4, -0.2) is 11.7 Å². The highest BCUT2D eigenvalue weighted by atomic mass is 79.9. The van der Waals surface area contributed by atoms with Gasteiger partial charge in [0, 0.05) is 16.5 Å². The van der Waals surface area contributed by atoms with Gasteiger partial charge in [0.1, 0.15) is 5.75 Å². The largest absolute Gasteiger partial charge is 0.492 e. The standard InChI is InChI=1S/C11H11BrO2/c1-2-3-6-14-11-5-4-10(12)7-9(11)8-13/h1,4-5,7,13H,3,6,8H2. The van der Waals surface area contributed by atoms with Gasteiger partial charge in [-0.3, -0.25) is 0 Å². The molecule has 0 aliphatic heterocycles. The average molecular weight is 255 g/mol. The molecule has 0 radical (unpaired) electrons. The highest BCUT2D eigenvalue weighted by Crippen LogP contribution is 2.23. The molecule has 0 aliphatic rings. The minimum absolute atomic E-state index is 0.0369. The molecule has 0 unspecified atom stereocenters. The molecule has 0 amide bonds. The molecule has 0 aromatic heterocycles. The number of aliphatic hydroxyl groups excluding tert-OH is 1. The summed E-state index contributed by atoms with van der Waals surface area (Å²) in [6, 6.07) is 5.50. The fourth-order valence-electron chi connectivity index (χ4n) is 1.03. The van der Waals surface area contributed by atoms with Gasteiger partial charge < -0.3 is 9.84 Å². The first-order valence-electron chi connectivity index (χ1n) is 4.23. The Bertz CT molecular complexity index is 342. The highest BCUT2D eigenvalue weighted by Gasteiger charge is 2.02. The minimum atomic E-state index is -0.0369. The van der Waals surface area contributed by atoms with Crippen molar-refractivity contribution in [1.82, 2.24) is 0 Å². The first-order valence-corrected chi connectivity index (χ1v) is 5.02. The van der Waals surface area contributed by atoms with Crippen molar-refractivity contribution >= 4 is 15.9 Å². The SMILES string of the molecule is C#CCCOc1ccc(Br)cc1CO. The van der Waals surface area contributed by atoms with E-state index in [0.717, 1.165) is 10.0 Å². The average Bonchev–Trinajstić information content (AvgIpc) is 2.20. The molecule has 3 heteroatoms. The Kier molecular flexibility index (Phi) is 4.51. The zero-order valence-corrected chi connectivity index (χ0v) is 9.25. The number of aliphatic hydroxyl groups is 1. The second-order valence-corrected chi connectivity index (χ2v) is 3.63. The fraction of sp³-hybridized carbons (Fsp3) is 0.273. The highest BCUT2D eigenvalue weighted by molar-refractivity contribution is 9.10. The molecular weight excluding hydrogens is 244 g/mol. The first kappa shape index (κ1) is 11.1. The van der Waals surface area contributed by atoms with Crippen LogP contribution in [-0.2, 0) is 6.61 Å². The van der Waals surface area contributed by atoms with Crippen LogP contribution in [0, 0.1) is 12.3 Å². The van der Waals surface area contributed by atoms with Gasteiger partial charge in [0.15, 0.2) is 0 Å². The summed E-state index contributed by atoms with van der Waals surface area (Å²) in [6.45, 7) is 0.440. The molecule has 1 rings (SSSR count). The predicted octanol–water partition coefficient (Wildman–Crippen LogP) is 2.34. The number of hydrogen-bond donors (Lipinski definition) is 1. The monoisotopic (exact) mass is 254 g/mol. The maximum Gasteiger partial charge on any atom is 0.124 e. The second-order valence-electron chi connectivity index (χ2n) is 2.71. The quantitative estimate of drug-likeness (QED) is 0.661. The summed E-state index contributed by atoms with van der Waals surface area (Å²) >= 11 is 3.32. The van der Waals surface area contributed by atoms with Gasteiger partial charge in [0.05, 0.1) is 13.2 Å². The van der Waals surface area contributed by atoms with Gasteiger partial charge in [-0.1, -0.05) is 15.9 Å². The van der Waals surface area contributed by atoms with Crippen molar-refractivity contribution in [2.45, 2.75) is 13.0 Å². The predicted molar refractivity (Wildman–Crippen MR) is 59.0 cm³/mol. The van der Waals surface area contributed by atoms with Crippen LogP contribution in [0.4, 0.5) is 0 Å². The van der Waals surface area contributed by atoms with Crippen LogP contribution in [0.25, 0.3) is 0 Å². The summed E-state index contributed by atoms with van der Waals surface area (Å²) in [4.78, 5) is 0. The van der Waals surface area contributed by atoms with E-state index in [1.807, 2.05) is 18.2 Å². The van der Waals surface area contributed by atoms with Gasteiger partial charge in [0.2, 0.25) is 0 Å². The Morgan fingerprint density at radius 1 is 1.50 bits per heavy atom. The van der Waals surface area contributed by atoms with Crippen LogP contribution >= 0.6 is 15.9 Å². The molecule has 0 saturated heterocycles. The molecule has 0 atom stereocenters. The number of hydrogen-bond acceptors (Lipinski definition) is 2. The molecule has 0 spiro atoms. The van der Waals surface area contributed by atoms with Gasteiger partial charge in [-0.05, 0) is 18.2 Å². The van der Waals surface area contributed by atoms with E-state index in [-0.39, 0.29) is 6.61 Å². The molecule has 1 N–H and O–H groups in total. The lowest BCUT2D eigenvalue weighted by Crippen LogP contribution is -1.99. The van der Waals surface area contributed by atoms with Crippen LogP contribution in [0.3, 0.4) is 0 Å². The Labute approximate surface area is 92.0 Å². The first-order chi connectivity index (χ1) is 6.77. The molecule has 2 nitrogen and oxygen atoms in total. The molecule has 14 heavy (non-hydrogen) atoms. The van der Waals surface area contributed by atoms with Crippen molar-refractivity contribution in [2.24, 2.45) is 0 Å². The fourth-order valence-corrected chi connectivity index (χ4v) is 1.44. The van der Waals surface area contributed by atoms with Crippen molar-refractivity contribution in [2.75, 3.05) is 6.61 Å². The van der Waals surface area contributed by atoms with E-state index >= 15 is 0 Å². The summed E-state index contributed by atoms with van der Waals surface area (Å²) in [5.41, 5.74) is 0.761. The zero-order valence-electron chi connectivity index (χ0n) is 7.66. The molecule has 0 saturated carbocycles. The normalized spacial score (nSPS) is 9.50. The van der Waals surface area contributed by atoms with Crippen LogP contribution < -0.4 is 4.74 Å². The Balaban J connectivity index is 2.71.